The Morgan fingerprint density at radius 2 is 2.20 bits per heavy atom. The van der Waals surface area contributed by atoms with Gasteiger partial charge >= 0.3 is 0 Å². The van der Waals surface area contributed by atoms with Crippen molar-refractivity contribution in [2.75, 3.05) is 0 Å². The molecule has 1 aromatic rings. The second kappa shape index (κ2) is 6.27. The van der Waals surface area contributed by atoms with Crippen LogP contribution in [0.4, 0.5) is 0 Å². The Labute approximate surface area is 125 Å². The van der Waals surface area contributed by atoms with E-state index < -0.39 is 0 Å². The first-order valence-electron chi connectivity index (χ1n) is 7.91. The van der Waals surface area contributed by atoms with Crippen LogP contribution in [0.5, 0.6) is 0 Å². The molecule has 2 atom stereocenters. The molecule has 20 heavy (non-hydrogen) atoms. The number of nitrogens with zero attached hydrogens (tertiary/aromatic N) is 1. The van der Waals surface area contributed by atoms with Gasteiger partial charge in [-0.05, 0) is 41.7 Å². The summed E-state index contributed by atoms with van der Waals surface area (Å²) in [5, 5.41) is 7.87. The molecule has 1 amide bonds. The minimum atomic E-state index is 0.0282. The molecule has 1 aliphatic carbocycles. The van der Waals surface area contributed by atoms with Crippen molar-refractivity contribution >= 4 is 17.2 Å². The smallest absolute Gasteiger partial charge is 0.241 e. The molecular formula is C16H24N2OS. The summed E-state index contributed by atoms with van der Waals surface area (Å²) in [5.41, 5.74) is 1.26. The van der Waals surface area contributed by atoms with Gasteiger partial charge in [0.15, 0.2) is 0 Å². The van der Waals surface area contributed by atoms with Crippen LogP contribution in [0.25, 0.3) is 0 Å². The van der Waals surface area contributed by atoms with Crippen LogP contribution in [0.1, 0.15) is 63.6 Å². The van der Waals surface area contributed by atoms with Crippen molar-refractivity contribution in [3.63, 3.8) is 0 Å². The van der Waals surface area contributed by atoms with Crippen LogP contribution in [-0.4, -0.2) is 22.9 Å². The van der Waals surface area contributed by atoms with Crippen LogP contribution >= 0.6 is 11.3 Å². The fourth-order valence-electron chi connectivity index (χ4n) is 3.53. The Hall–Kier alpha value is -0.870. The zero-order chi connectivity index (χ0) is 13.9. The van der Waals surface area contributed by atoms with E-state index in [4.69, 9.17) is 0 Å². The van der Waals surface area contributed by atoms with Gasteiger partial charge in [0.25, 0.3) is 0 Å². The van der Waals surface area contributed by atoms with Gasteiger partial charge in [-0.2, -0.15) is 11.3 Å². The maximum absolute atomic E-state index is 12.8. The Bertz CT molecular complexity index is 439. The fraction of sp³-hybridized carbons (Fsp3) is 0.688. The zero-order valence-corrected chi connectivity index (χ0v) is 13.0. The summed E-state index contributed by atoms with van der Waals surface area (Å²) in [6.07, 6.45) is 8.24. The van der Waals surface area contributed by atoms with Crippen LogP contribution in [0.2, 0.25) is 0 Å². The highest BCUT2D eigenvalue weighted by Gasteiger charge is 2.43. The molecule has 1 N–H and O–H groups in total. The number of nitrogens with one attached hydrogen (secondary N) is 1. The lowest BCUT2D eigenvalue weighted by atomic mass is 10.1. The summed E-state index contributed by atoms with van der Waals surface area (Å²) in [4.78, 5) is 14.9. The minimum Gasteiger partial charge on any atom is -0.319 e. The van der Waals surface area contributed by atoms with Crippen LogP contribution in [0, 0.1) is 0 Å². The van der Waals surface area contributed by atoms with E-state index in [1.807, 2.05) is 0 Å². The van der Waals surface area contributed by atoms with Crippen molar-refractivity contribution in [3.8, 4) is 0 Å². The van der Waals surface area contributed by atoms with Crippen LogP contribution in [0.15, 0.2) is 16.8 Å². The van der Waals surface area contributed by atoms with Crippen molar-refractivity contribution in [1.82, 2.24) is 10.2 Å². The predicted octanol–water partition coefficient (Wildman–Crippen LogP) is 3.68. The highest BCUT2D eigenvalue weighted by atomic mass is 32.1. The number of carbonyl (C=O) groups is 1. The minimum absolute atomic E-state index is 0.0282. The van der Waals surface area contributed by atoms with Crippen molar-refractivity contribution < 1.29 is 4.79 Å². The summed E-state index contributed by atoms with van der Waals surface area (Å²) in [7, 11) is 0. The predicted molar refractivity (Wildman–Crippen MR) is 82.6 cm³/mol. The Kier molecular flexibility index (Phi) is 4.41. The van der Waals surface area contributed by atoms with Gasteiger partial charge in [0.2, 0.25) is 5.91 Å². The number of hydrogen-bond donors (Lipinski definition) is 1. The Morgan fingerprint density at radius 1 is 1.40 bits per heavy atom. The normalized spacial score (nSPS) is 27.6. The molecule has 110 valence electrons. The molecule has 4 heteroatoms. The molecule has 0 bridgehead atoms. The second-order valence-electron chi connectivity index (χ2n) is 6.00. The molecule has 2 unspecified atom stereocenters. The van der Waals surface area contributed by atoms with Gasteiger partial charge in [0.1, 0.15) is 6.17 Å². The molecule has 1 aromatic heterocycles. The highest BCUT2D eigenvalue weighted by molar-refractivity contribution is 7.07. The molecule has 2 aliphatic rings. The summed E-state index contributed by atoms with van der Waals surface area (Å²) >= 11 is 1.71. The first-order valence-corrected chi connectivity index (χ1v) is 8.86. The van der Waals surface area contributed by atoms with E-state index in [1.165, 1.54) is 31.2 Å². The van der Waals surface area contributed by atoms with E-state index in [0.29, 0.717) is 11.9 Å². The lowest BCUT2D eigenvalue weighted by Crippen LogP contribution is -2.38. The number of hydrogen-bond acceptors (Lipinski definition) is 3. The molecular weight excluding hydrogens is 268 g/mol. The molecule has 3 nitrogen and oxygen atoms in total. The van der Waals surface area contributed by atoms with Crippen LogP contribution in [0.3, 0.4) is 0 Å². The SMILES string of the molecule is CCCCC1NC(c2ccsc2)N(C2CCCC2)C1=O. The summed E-state index contributed by atoms with van der Waals surface area (Å²) in [6, 6.07) is 2.63. The van der Waals surface area contributed by atoms with Crippen molar-refractivity contribution in [3.05, 3.63) is 22.4 Å². The molecule has 2 fully saturated rings. The maximum Gasteiger partial charge on any atom is 0.241 e. The number of carbonyl (C=O) groups excluding carboxylic acids is 1. The first kappa shape index (κ1) is 14.1. The van der Waals surface area contributed by atoms with Crippen molar-refractivity contribution in [1.29, 1.82) is 0 Å². The molecule has 1 aliphatic heterocycles. The number of thiophene rings is 1. The zero-order valence-electron chi connectivity index (χ0n) is 12.2. The molecule has 0 spiro atoms. The summed E-state index contributed by atoms with van der Waals surface area (Å²) in [6.45, 7) is 2.19. The van der Waals surface area contributed by atoms with Gasteiger partial charge in [-0.25, -0.2) is 0 Å². The summed E-state index contributed by atoms with van der Waals surface area (Å²) in [5.74, 6) is 0.335. The lowest BCUT2D eigenvalue weighted by molar-refractivity contribution is -0.132. The largest absolute Gasteiger partial charge is 0.319 e. The average molecular weight is 292 g/mol. The van der Waals surface area contributed by atoms with Gasteiger partial charge < -0.3 is 4.90 Å². The lowest BCUT2D eigenvalue weighted by Gasteiger charge is -2.29. The molecule has 1 saturated heterocycles. The highest BCUT2D eigenvalue weighted by Crippen LogP contribution is 2.35. The summed E-state index contributed by atoms with van der Waals surface area (Å²) < 4.78 is 0. The molecule has 0 aromatic carbocycles. The second-order valence-corrected chi connectivity index (χ2v) is 6.78. The topological polar surface area (TPSA) is 32.3 Å². The van der Waals surface area contributed by atoms with Crippen molar-refractivity contribution in [2.45, 2.75) is 70.1 Å². The third-order valence-corrected chi connectivity index (χ3v) is 5.31. The van der Waals surface area contributed by atoms with Gasteiger partial charge in [-0.15, -0.1) is 0 Å². The van der Waals surface area contributed by atoms with E-state index in [2.05, 4.69) is 34.0 Å². The Morgan fingerprint density at radius 3 is 2.85 bits per heavy atom. The van der Waals surface area contributed by atoms with E-state index >= 15 is 0 Å². The molecule has 0 radical (unpaired) electrons. The molecule has 2 heterocycles. The Balaban J connectivity index is 1.80. The van der Waals surface area contributed by atoms with E-state index in [9.17, 15) is 4.79 Å². The monoisotopic (exact) mass is 292 g/mol. The van der Waals surface area contributed by atoms with Gasteiger partial charge in [0.05, 0.1) is 6.04 Å². The maximum atomic E-state index is 12.8. The quantitative estimate of drug-likeness (QED) is 0.898. The van der Waals surface area contributed by atoms with Crippen molar-refractivity contribution in [2.24, 2.45) is 0 Å². The van der Waals surface area contributed by atoms with Crippen LogP contribution in [-0.2, 0) is 4.79 Å². The third-order valence-electron chi connectivity index (χ3n) is 4.61. The van der Waals surface area contributed by atoms with Gasteiger partial charge in [0, 0.05) is 6.04 Å². The fourth-order valence-corrected chi connectivity index (χ4v) is 4.20. The van der Waals surface area contributed by atoms with E-state index in [1.54, 1.807) is 11.3 Å². The van der Waals surface area contributed by atoms with Gasteiger partial charge in [-0.3, -0.25) is 10.1 Å². The number of unbranched alkanes of at least 4 members (excludes halogenated alkanes) is 1. The number of amides is 1. The standard InChI is InChI=1S/C16H24N2OS/c1-2-3-8-14-16(19)18(13-6-4-5-7-13)15(17-14)12-9-10-20-11-12/h9-11,13-15,17H,2-8H2,1H3. The van der Waals surface area contributed by atoms with Gasteiger partial charge in [-0.1, -0.05) is 32.6 Å². The third kappa shape index (κ3) is 2.63. The first-order chi connectivity index (χ1) is 9.81. The average Bonchev–Trinajstić information content (AvgIpc) is 3.17. The van der Waals surface area contributed by atoms with E-state index in [0.717, 1.165) is 19.3 Å². The number of rotatable bonds is 5. The molecule has 3 rings (SSSR count). The molecule has 1 saturated carbocycles. The van der Waals surface area contributed by atoms with E-state index in [-0.39, 0.29) is 12.2 Å². The van der Waals surface area contributed by atoms with Crippen LogP contribution < -0.4 is 5.32 Å².